The van der Waals surface area contributed by atoms with Crippen LogP contribution in [0, 0.1) is 11.8 Å². The quantitative estimate of drug-likeness (QED) is 0.615. The predicted octanol–water partition coefficient (Wildman–Crippen LogP) is 5.24. The molecule has 0 spiro atoms. The molecular weight excluding hydrogens is 416 g/mol. The summed E-state index contributed by atoms with van der Waals surface area (Å²) >= 11 is 6.31. The van der Waals surface area contributed by atoms with E-state index in [1.807, 2.05) is 31.7 Å². The van der Waals surface area contributed by atoms with Crippen molar-refractivity contribution in [1.82, 2.24) is 9.80 Å². The molecule has 2 amide bonds. The van der Waals surface area contributed by atoms with Gasteiger partial charge in [-0.25, -0.2) is 4.79 Å². The maximum atomic E-state index is 12.2. The molecule has 2 aliphatic rings. The lowest BCUT2D eigenvalue weighted by molar-refractivity contribution is 0.00748. The number of piperidine rings is 1. The third-order valence-corrected chi connectivity index (χ3v) is 6.43. The molecule has 6 nitrogen and oxygen atoms in total. The van der Waals surface area contributed by atoms with E-state index in [4.69, 9.17) is 21.1 Å². The lowest BCUT2D eigenvalue weighted by atomic mass is 9.74. The molecule has 1 aromatic carbocycles. The third-order valence-electron chi connectivity index (χ3n) is 6.11. The molecule has 0 N–H and O–H groups in total. The van der Waals surface area contributed by atoms with Gasteiger partial charge in [0.1, 0.15) is 17.5 Å². The van der Waals surface area contributed by atoms with Crippen molar-refractivity contribution >= 4 is 23.6 Å². The Morgan fingerprint density at radius 3 is 2.32 bits per heavy atom. The Hall–Kier alpha value is -1.95. The highest BCUT2D eigenvalue weighted by atomic mass is 35.5. The molecule has 2 fully saturated rings. The second kappa shape index (κ2) is 9.68. The number of ether oxygens (including phenoxy) is 2. The number of nitrogens with zero attached hydrogens (tertiary/aromatic N) is 2. The van der Waals surface area contributed by atoms with E-state index in [1.165, 1.54) is 11.3 Å². The van der Waals surface area contributed by atoms with Crippen molar-refractivity contribution in [3.63, 3.8) is 0 Å². The highest BCUT2D eigenvalue weighted by Gasteiger charge is 2.36. The normalized spacial score (nSPS) is 21.9. The Bertz CT molecular complexity index is 797. The van der Waals surface area contributed by atoms with Crippen molar-refractivity contribution in [2.24, 2.45) is 11.8 Å². The number of amides is 2. The van der Waals surface area contributed by atoms with Crippen LogP contribution in [0.25, 0.3) is 0 Å². The number of carbonyl (C=O) groups excluding carboxylic acids is 2. The van der Waals surface area contributed by atoms with E-state index >= 15 is 0 Å². The van der Waals surface area contributed by atoms with Gasteiger partial charge in [-0.2, -0.15) is 0 Å². The molecule has 1 aliphatic carbocycles. The van der Waals surface area contributed by atoms with Crippen molar-refractivity contribution in [3.05, 3.63) is 28.8 Å². The van der Waals surface area contributed by atoms with E-state index in [1.54, 1.807) is 26.2 Å². The number of carbonyl (C=O) groups is 2. The fourth-order valence-corrected chi connectivity index (χ4v) is 4.48. The Kier molecular flexibility index (Phi) is 7.40. The van der Waals surface area contributed by atoms with Gasteiger partial charge in [-0.1, -0.05) is 11.6 Å². The zero-order valence-electron chi connectivity index (χ0n) is 19.3. The van der Waals surface area contributed by atoms with Crippen molar-refractivity contribution < 1.29 is 19.1 Å². The van der Waals surface area contributed by atoms with Crippen LogP contribution in [-0.4, -0.2) is 60.7 Å². The average Bonchev–Trinajstić information content (AvgIpc) is 2.68. The minimum atomic E-state index is -0.453. The summed E-state index contributed by atoms with van der Waals surface area (Å²) < 4.78 is 11.7. The summed E-state index contributed by atoms with van der Waals surface area (Å²) in [5.41, 5.74) is 0.0339. The number of likely N-dealkylation sites (tertiary alicyclic amines) is 1. The van der Waals surface area contributed by atoms with Gasteiger partial charge in [-0.3, -0.25) is 4.79 Å². The molecule has 3 rings (SSSR count). The molecule has 1 aromatic rings. The minimum Gasteiger partial charge on any atom is -0.490 e. The van der Waals surface area contributed by atoms with Crippen molar-refractivity contribution in [1.29, 1.82) is 0 Å². The molecule has 1 aliphatic heterocycles. The van der Waals surface area contributed by atoms with Crippen LogP contribution in [-0.2, 0) is 4.74 Å². The topological polar surface area (TPSA) is 59.1 Å². The first-order valence-corrected chi connectivity index (χ1v) is 11.6. The SMILES string of the molecule is CN(C)C(=O)c1ccc(OC2CCC2CC2CCN(C(=O)OC(C)(C)C)CC2)cc1Cl. The first kappa shape index (κ1) is 23.7. The van der Waals surface area contributed by atoms with Gasteiger partial charge in [0.25, 0.3) is 5.91 Å². The van der Waals surface area contributed by atoms with E-state index in [0.29, 0.717) is 22.4 Å². The van der Waals surface area contributed by atoms with E-state index in [2.05, 4.69) is 0 Å². The third kappa shape index (κ3) is 6.28. The highest BCUT2D eigenvalue weighted by molar-refractivity contribution is 6.34. The van der Waals surface area contributed by atoms with Crippen LogP contribution in [0.15, 0.2) is 18.2 Å². The van der Waals surface area contributed by atoms with Gasteiger partial charge in [0.2, 0.25) is 0 Å². The van der Waals surface area contributed by atoms with Crippen LogP contribution in [0.2, 0.25) is 5.02 Å². The molecule has 2 unspecified atom stereocenters. The number of benzene rings is 1. The average molecular weight is 451 g/mol. The van der Waals surface area contributed by atoms with Crippen LogP contribution in [0.3, 0.4) is 0 Å². The molecule has 2 atom stereocenters. The predicted molar refractivity (Wildman–Crippen MR) is 122 cm³/mol. The zero-order valence-corrected chi connectivity index (χ0v) is 20.1. The Morgan fingerprint density at radius 1 is 1.13 bits per heavy atom. The molecule has 0 bridgehead atoms. The fourth-order valence-electron chi connectivity index (χ4n) is 4.23. The van der Waals surface area contributed by atoms with Gasteiger partial charge in [-0.15, -0.1) is 0 Å². The van der Waals surface area contributed by atoms with Crippen molar-refractivity contribution in [2.75, 3.05) is 27.2 Å². The molecule has 0 radical (unpaired) electrons. The zero-order chi connectivity index (χ0) is 22.8. The summed E-state index contributed by atoms with van der Waals surface area (Å²) in [6.07, 6.45) is 5.33. The molecule has 31 heavy (non-hydrogen) atoms. The van der Waals surface area contributed by atoms with Gasteiger partial charge < -0.3 is 19.3 Å². The monoisotopic (exact) mass is 450 g/mol. The fraction of sp³-hybridized carbons (Fsp3) is 0.667. The van der Waals surface area contributed by atoms with Crippen LogP contribution >= 0.6 is 11.6 Å². The summed E-state index contributed by atoms with van der Waals surface area (Å²) in [5, 5.41) is 0.418. The lowest BCUT2D eigenvalue weighted by Crippen LogP contribution is -2.43. The number of halogens is 1. The van der Waals surface area contributed by atoms with Gasteiger partial charge in [0, 0.05) is 27.2 Å². The Morgan fingerprint density at radius 2 is 1.81 bits per heavy atom. The summed E-state index contributed by atoms with van der Waals surface area (Å²) in [6.45, 7) is 7.21. The first-order chi connectivity index (χ1) is 14.5. The van der Waals surface area contributed by atoms with Crippen LogP contribution < -0.4 is 4.74 Å². The van der Waals surface area contributed by atoms with E-state index in [9.17, 15) is 9.59 Å². The maximum Gasteiger partial charge on any atom is 0.410 e. The number of hydrogen-bond acceptors (Lipinski definition) is 4. The number of rotatable bonds is 5. The van der Waals surface area contributed by atoms with Crippen LogP contribution in [0.5, 0.6) is 5.75 Å². The van der Waals surface area contributed by atoms with Crippen LogP contribution in [0.1, 0.15) is 63.2 Å². The molecular formula is C24H35ClN2O4. The largest absolute Gasteiger partial charge is 0.490 e. The Labute approximate surface area is 190 Å². The summed E-state index contributed by atoms with van der Waals surface area (Å²) in [4.78, 5) is 27.7. The van der Waals surface area contributed by atoms with E-state index in [-0.39, 0.29) is 18.1 Å². The highest BCUT2D eigenvalue weighted by Crippen LogP contribution is 2.39. The van der Waals surface area contributed by atoms with Gasteiger partial charge in [-0.05, 0) is 82.9 Å². The summed E-state index contributed by atoms with van der Waals surface area (Å²) in [5.74, 6) is 1.74. The molecule has 1 saturated carbocycles. The van der Waals surface area contributed by atoms with Gasteiger partial charge in [0.15, 0.2) is 0 Å². The number of hydrogen-bond donors (Lipinski definition) is 0. The van der Waals surface area contributed by atoms with Crippen molar-refractivity contribution in [2.45, 2.75) is 64.6 Å². The van der Waals surface area contributed by atoms with Crippen LogP contribution in [0.4, 0.5) is 4.79 Å². The Balaban J connectivity index is 1.47. The standard InChI is InChI=1S/C24H35ClN2O4/c1-24(2,3)31-23(29)27-12-10-16(11-13-27)14-17-6-9-21(17)30-18-7-8-19(20(25)15-18)22(28)26(4)5/h7-8,15-17,21H,6,9-14H2,1-5H3. The summed E-state index contributed by atoms with van der Waals surface area (Å²) in [6, 6.07) is 5.31. The maximum absolute atomic E-state index is 12.2. The molecule has 172 valence electrons. The van der Waals surface area contributed by atoms with E-state index in [0.717, 1.165) is 44.5 Å². The summed E-state index contributed by atoms with van der Waals surface area (Å²) in [7, 11) is 3.42. The van der Waals surface area contributed by atoms with Crippen molar-refractivity contribution in [3.8, 4) is 5.75 Å². The second-order valence-electron chi connectivity index (χ2n) is 9.98. The van der Waals surface area contributed by atoms with E-state index < -0.39 is 5.60 Å². The molecule has 0 aromatic heterocycles. The molecule has 7 heteroatoms. The van der Waals surface area contributed by atoms with Gasteiger partial charge in [0.05, 0.1) is 10.6 Å². The van der Waals surface area contributed by atoms with Gasteiger partial charge >= 0.3 is 6.09 Å². The minimum absolute atomic E-state index is 0.115. The second-order valence-corrected chi connectivity index (χ2v) is 10.4. The lowest BCUT2D eigenvalue weighted by Gasteiger charge is -2.40. The molecule has 1 saturated heterocycles. The molecule has 1 heterocycles. The smallest absolute Gasteiger partial charge is 0.410 e. The first-order valence-electron chi connectivity index (χ1n) is 11.2.